The van der Waals surface area contributed by atoms with Crippen LogP contribution in [0.15, 0.2) is 32.7 Å². The normalized spacial score (nSPS) is 12.7. The monoisotopic (exact) mass is 254 g/mol. The average molecular weight is 254 g/mol. The molecule has 0 bridgehead atoms. The van der Waals surface area contributed by atoms with E-state index in [1.165, 1.54) is 6.07 Å². The zero-order valence-corrected chi connectivity index (χ0v) is 10.2. The van der Waals surface area contributed by atoms with Crippen molar-refractivity contribution in [2.75, 3.05) is 0 Å². The number of aliphatic hydroxyl groups is 1. The first kappa shape index (κ1) is 12.1. The van der Waals surface area contributed by atoms with Gasteiger partial charge in [-0.05, 0) is 30.3 Å². The zero-order chi connectivity index (χ0) is 12.4. The molecule has 4 nitrogen and oxygen atoms in total. The fourth-order valence-electron chi connectivity index (χ4n) is 1.37. The Morgan fingerprint density at radius 1 is 1.41 bits per heavy atom. The smallest absolute Gasteiger partial charge is 0.281 e. The van der Waals surface area contributed by atoms with E-state index in [9.17, 15) is 9.50 Å². The van der Waals surface area contributed by atoms with Crippen molar-refractivity contribution in [1.82, 2.24) is 10.2 Å². The van der Waals surface area contributed by atoms with Gasteiger partial charge in [-0.1, -0.05) is 12.1 Å². The molecule has 1 heterocycles. The largest absolute Gasteiger partial charge is 0.416 e. The summed E-state index contributed by atoms with van der Waals surface area (Å²) >= 11 is 1.01. The van der Waals surface area contributed by atoms with Crippen molar-refractivity contribution < 1.29 is 13.9 Å². The minimum absolute atomic E-state index is 0.259. The molecular weight excluding hydrogens is 243 g/mol. The summed E-state index contributed by atoms with van der Waals surface area (Å²) in [6.45, 7) is 3.24. The number of benzene rings is 1. The third kappa shape index (κ3) is 2.65. The molecule has 0 saturated carbocycles. The molecule has 1 N–H and O–H groups in total. The molecule has 2 rings (SSSR count). The van der Waals surface area contributed by atoms with Crippen molar-refractivity contribution >= 4 is 11.8 Å². The first-order valence-electron chi connectivity index (χ1n) is 5.02. The lowest BCUT2D eigenvalue weighted by Gasteiger charge is -2.10. The topological polar surface area (TPSA) is 59.2 Å². The Hall–Kier alpha value is -1.40. The maximum absolute atomic E-state index is 13.7. The van der Waals surface area contributed by atoms with E-state index in [1.54, 1.807) is 26.0 Å². The van der Waals surface area contributed by atoms with Gasteiger partial charge in [0.15, 0.2) is 0 Å². The van der Waals surface area contributed by atoms with E-state index in [-0.39, 0.29) is 5.22 Å². The molecule has 2 aromatic rings. The van der Waals surface area contributed by atoms with Crippen molar-refractivity contribution in [1.29, 1.82) is 0 Å². The predicted octanol–water partition coefficient (Wildman–Crippen LogP) is 2.72. The second-order valence-electron chi connectivity index (χ2n) is 3.52. The minimum Gasteiger partial charge on any atom is -0.416 e. The minimum atomic E-state index is -0.753. The summed E-state index contributed by atoms with van der Waals surface area (Å²) in [5.74, 6) is 0.00619. The molecule has 0 aliphatic heterocycles. The lowest BCUT2D eigenvalue weighted by atomic mass is 10.1. The molecule has 0 unspecified atom stereocenters. The van der Waals surface area contributed by atoms with Crippen LogP contribution >= 0.6 is 11.8 Å². The lowest BCUT2D eigenvalue weighted by molar-refractivity contribution is 0.195. The third-order valence-electron chi connectivity index (χ3n) is 2.14. The Morgan fingerprint density at radius 2 is 2.18 bits per heavy atom. The number of aliphatic hydroxyl groups excluding tert-OH is 1. The van der Waals surface area contributed by atoms with Gasteiger partial charge in [-0.25, -0.2) is 4.39 Å². The number of aryl methyl sites for hydroxylation is 1. The summed E-state index contributed by atoms with van der Waals surface area (Å²) < 4.78 is 18.9. The van der Waals surface area contributed by atoms with E-state index in [4.69, 9.17) is 4.42 Å². The SMILES string of the molecule is Cc1nnc(Sc2c(F)cccc2[C@H](C)O)o1. The van der Waals surface area contributed by atoms with Crippen LogP contribution in [0.2, 0.25) is 0 Å². The van der Waals surface area contributed by atoms with Crippen LogP contribution in [0.1, 0.15) is 24.5 Å². The van der Waals surface area contributed by atoms with Gasteiger partial charge in [-0.15, -0.1) is 10.2 Å². The summed E-state index contributed by atoms with van der Waals surface area (Å²) in [4.78, 5) is 0.311. The molecule has 0 radical (unpaired) electrons. The molecular formula is C11H11FN2O2S. The van der Waals surface area contributed by atoms with Gasteiger partial charge in [-0.3, -0.25) is 0 Å². The molecule has 0 aliphatic carbocycles. The summed E-state index contributed by atoms with van der Waals surface area (Å²) in [6.07, 6.45) is -0.753. The first-order valence-corrected chi connectivity index (χ1v) is 5.84. The van der Waals surface area contributed by atoms with Crippen LogP contribution in [-0.2, 0) is 0 Å². The van der Waals surface area contributed by atoms with E-state index >= 15 is 0 Å². The van der Waals surface area contributed by atoms with E-state index < -0.39 is 11.9 Å². The van der Waals surface area contributed by atoms with Gasteiger partial charge < -0.3 is 9.52 Å². The summed E-state index contributed by atoms with van der Waals surface area (Å²) in [6, 6.07) is 4.55. The van der Waals surface area contributed by atoms with Crippen molar-refractivity contribution in [3.05, 3.63) is 35.5 Å². The van der Waals surface area contributed by atoms with Crippen molar-refractivity contribution in [3.63, 3.8) is 0 Å². The Labute approximate surface area is 102 Å². The highest BCUT2D eigenvalue weighted by atomic mass is 32.2. The van der Waals surface area contributed by atoms with Crippen molar-refractivity contribution in [2.24, 2.45) is 0 Å². The van der Waals surface area contributed by atoms with Gasteiger partial charge in [-0.2, -0.15) is 0 Å². The van der Waals surface area contributed by atoms with E-state index in [0.29, 0.717) is 16.3 Å². The van der Waals surface area contributed by atoms with E-state index in [0.717, 1.165) is 11.8 Å². The predicted molar refractivity (Wildman–Crippen MR) is 60.2 cm³/mol. The van der Waals surface area contributed by atoms with Gasteiger partial charge >= 0.3 is 0 Å². The van der Waals surface area contributed by atoms with Crippen LogP contribution in [0.3, 0.4) is 0 Å². The van der Waals surface area contributed by atoms with Crippen molar-refractivity contribution in [2.45, 2.75) is 30.1 Å². The first-order chi connectivity index (χ1) is 8.08. The molecule has 6 heteroatoms. The molecule has 0 fully saturated rings. The number of hydrogen-bond acceptors (Lipinski definition) is 5. The second kappa shape index (κ2) is 4.85. The fraction of sp³-hybridized carbons (Fsp3) is 0.273. The summed E-state index contributed by atoms with van der Waals surface area (Å²) in [7, 11) is 0. The molecule has 1 aromatic carbocycles. The number of halogens is 1. The molecule has 0 aliphatic rings. The van der Waals surface area contributed by atoms with Gasteiger partial charge in [0.05, 0.1) is 11.0 Å². The Kier molecular flexibility index (Phi) is 3.44. The highest BCUT2D eigenvalue weighted by Crippen LogP contribution is 2.34. The second-order valence-corrected chi connectivity index (χ2v) is 4.48. The van der Waals surface area contributed by atoms with Gasteiger partial charge in [0.1, 0.15) is 5.82 Å². The molecule has 1 aromatic heterocycles. The standard InChI is InChI=1S/C11H11FN2O2S/c1-6(15)8-4-3-5-9(12)10(8)17-11-14-13-7(2)16-11/h3-6,15H,1-2H3/t6-/m0/s1. The highest BCUT2D eigenvalue weighted by Gasteiger charge is 2.16. The Balaban J connectivity index is 2.37. The quantitative estimate of drug-likeness (QED) is 0.912. The number of nitrogens with zero attached hydrogens (tertiary/aromatic N) is 2. The lowest BCUT2D eigenvalue weighted by Crippen LogP contribution is -1.96. The van der Waals surface area contributed by atoms with Crippen molar-refractivity contribution in [3.8, 4) is 0 Å². The molecule has 0 spiro atoms. The number of rotatable bonds is 3. The maximum atomic E-state index is 13.7. The fourth-order valence-corrected chi connectivity index (χ4v) is 2.31. The molecule has 0 saturated heterocycles. The van der Waals surface area contributed by atoms with Crippen LogP contribution in [0, 0.1) is 12.7 Å². The number of aromatic nitrogens is 2. The summed E-state index contributed by atoms with van der Waals surface area (Å²) in [5.41, 5.74) is 0.505. The maximum Gasteiger partial charge on any atom is 0.281 e. The molecule has 17 heavy (non-hydrogen) atoms. The van der Waals surface area contributed by atoms with Crippen LogP contribution < -0.4 is 0 Å². The van der Waals surface area contributed by atoms with Gasteiger partial charge in [0.25, 0.3) is 5.22 Å². The van der Waals surface area contributed by atoms with Crippen LogP contribution in [0.25, 0.3) is 0 Å². The van der Waals surface area contributed by atoms with Gasteiger partial charge in [0.2, 0.25) is 5.89 Å². The third-order valence-corrected chi connectivity index (χ3v) is 3.12. The highest BCUT2D eigenvalue weighted by molar-refractivity contribution is 7.99. The van der Waals surface area contributed by atoms with E-state index in [1.807, 2.05) is 0 Å². The number of hydrogen-bond donors (Lipinski definition) is 1. The van der Waals surface area contributed by atoms with Gasteiger partial charge in [0, 0.05) is 6.92 Å². The Morgan fingerprint density at radius 3 is 2.76 bits per heavy atom. The van der Waals surface area contributed by atoms with Crippen LogP contribution in [-0.4, -0.2) is 15.3 Å². The molecule has 1 atom stereocenters. The van der Waals surface area contributed by atoms with E-state index in [2.05, 4.69) is 10.2 Å². The van der Waals surface area contributed by atoms with Crippen LogP contribution in [0.5, 0.6) is 0 Å². The molecule has 90 valence electrons. The van der Waals surface area contributed by atoms with Crippen LogP contribution in [0.4, 0.5) is 4.39 Å². The zero-order valence-electron chi connectivity index (χ0n) is 9.35. The average Bonchev–Trinajstić information content (AvgIpc) is 2.67. The molecule has 0 amide bonds. The summed E-state index contributed by atoms with van der Waals surface area (Å²) in [5, 5.41) is 17.3. The Bertz CT molecular complexity index is 528.